The summed E-state index contributed by atoms with van der Waals surface area (Å²) in [5.41, 5.74) is 1.15. The molecule has 0 aliphatic carbocycles. The number of anilines is 3. The van der Waals surface area contributed by atoms with Crippen LogP contribution in [0.4, 0.5) is 17.5 Å². The summed E-state index contributed by atoms with van der Waals surface area (Å²) in [5.74, 6) is -1.14. The van der Waals surface area contributed by atoms with Gasteiger partial charge in [-0.15, -0.1) is 0 Å². The summed E-state index contributed by atoms with van der Waals surface area (Å²) in [6.45, 7) is 4.71. The Bertz CT molecular complexity index is 1070. The van der Waals surface area contributed by atoms with E-state index in [4.69, 9.17) is 11.6 Å². The normalized spacial score (nSPS) is 21.0. The van der Waals surface area contributed by atoms with Gasteiger partial charge in [-0.1, -0.05) is 17.7 Å². The Balaban J connectivity index is 1.67. The Labute approximate surface area is 179 Å². The quantitative estimate of drug-likeness (QED) is 0.694. The van der Waals surface area contributed by atoms with Crippen LogP contribution >= 0.6 is 11.6 Å². The van der Waals surface area contributed by atoms with E-state index >= 15 is 0 Å². The Morgan fingerprint density at radius 1 is 1.30 bits per heavy atom. The first-order valence-electron chi connectivity index (χ1n) is 10.1. The third kappa shape index (κ3) is 3.92. The van der Waals surface area contributed by atoms with Gasteiger partial charge in [0.1, 0.15) is 5.82 Å². The molecule has 0 bridgehead atoms. The molecule has 0 spiro atoms. The molecular formula is C21H24ClN5O3. The Morgan fingerprint density at radius 3 is 2.87 bits per heavy atom. The highest BCUT2D eigenvalue weighted by Gasteiger charge is 2.35. The minimum Gasteiger partial charge on any atom is -0.340 e. The van der Waals surface area contributed by atoms with Gasteiger partial charge in [-0.05, 0) is 50.8 Å². The van der Waals surface area contributed by atoms with Crippen molar-refractivity contribution in [2.75, 3.05) is 22.1 Å². The molecule has 2 amide bonds. The summed E-state index contributed by atoms with van der Waals surface area (Å²) in [6, 6.07) is 5.40. The van der Waals surface area contributed by atoms with E-state index in [1.54, 1.807) is 18.2 Å². The van der Waals surface area contributed by atoms with Gasteiger partial charge in [0.15, 0.2) is 0 Å². The number of amides is 2. The van der Waals surface area contributed by atoms with Gasteiger partial charge >= 0.3 is 0 Å². The Kier molecular flexibility index (Phi) is 5.51. The van der Waals surface area contributed by atoms with E-state index in [-0.39, 0.29) is 29.8 Å². The van der Waals surface area contributed by atoms with Crippen molar-refractivity contribution in [1.29, 1.82) is 0 Å². The molecule has 30 heavy (non-hydrogen) atoms. The van der Waals surface area contributed by atoms with Gasteiger partial charge in [-0.3, -0.25) is 19.4 Å². The molecule has 4 rings (SSSR count). The van der Waals surface area contributed by atoms with Gasteiger partial charge in [-0.2, -0.15) is 4.98 Å². The number of H-pyrrole nitrogens is 1. The van der Waals surface area contributed by atoms with Crippen molar-refractivity contribution in [2.24, 2.45) is 0 Å². The van der Waals surface area contributed by atoms with Crippen molar-refractivity contribution in [3.63, 3.8) is 0 Å². The van der Waals surface area contributed by atoms with Crippen LogP contribution in [-0.2, 0) is 9.59 Å². The molecule has 2 aliphatic heterocycles. The minimum absolute atomic E-state index is 0.122. The van der Waals surface area contributed by atoms with Crippen LogP contribution in [0.2, 0.25) is 5.02 Å². The van der Waals surface area contributed by atoms with Crippen LogP contribution in [0.5, 0.6) is 0 Å². The van der Waals surface area contributed by atoms with Gasteiger partial charge in [0.25, 0.3) is 5.56 Å². The molecule has 0 unspecified atom stereocenters. The van der Waals surface area contributed by atoms with Crippen LogP contribution in [-0.4, -0.2) is 34.4 Å². The molecular weight excluding hydrogens is 406 g/mol. The number of nitrogens with one attached hydrogen (secondary N) is 3. The Hall–Kier alpha value is -2.87. The van der Waals surface area contributed by atoms with Crippen LogP contribution in [0.15, 0.2) is 23.0 Å². The largest absolute Gasteiger partial charge is 0.340 e. The minimum atomic E-state index is -0.934. The monoisotopic (exact) mass is 429 g/mol. The average molecular weight is 430 g/mol. The molecule has 0 radical (unpaired) electrons. The van der Waals surface area contributed by atoms with Gasteiger partial charge in [-0.25, -0.2) is 0 Å². The topological polar surface area (TPSA) is 107 Å². The molecule has 2 atom stereocenters. The van der Waals surface area contributed by atoms with Gasteiger partial charge in [0.05, 0.1) is 11.5 Å². The predicted octanol–water partition coefficient (Wildman–Crippen LogP) is 3.18. The van der Waals surface area contributed by atoms with Crippen LogP contribution in [0.25, 0.3) is 0 Å². The lowest BCUT2D eigenvalue weighted by Gasteiger charge is -2.34. The molecule has 2 aromatic rings. The van der Waals surface area contributed by atoms with Crippen LogP contribution in [0.3, 0.4) is 0 Å². The van der Waals surface area contributed by atoms with Crippen molar-refractivity contribution in [1.82, 2.24) is 9.97 Å². The number of hydrogen-bond donors (Lipinski definition) is 3. The summed E-state index contributed by atoms with van der Waals surface area (Å²) < 4.78 is 0. The molecule has 158 valence electrons. The maximum atomic E-state index is 13.0. The fourth-order valence-electron chi connectivity index (χ4n) is 4.08. The van der Waals surface area contributed by atoms with Crippen molar-refractivity contribution in [3.05, 3.63) is 44.7 Å². The number of piperidine rings is 1. The van der Waals surface area contributed by atoms with Crippen molar-refractivity contribution >= 4 is 40.9 Å². The maximum absolute atomic E-state index is 13.0. The highest BCUT2D eigenvalue weighted by molar-refractivity contribution is 6.31. The molecule has 1 aromatic heterocycles. The first-order chi connectivity index (χ1) is 14.3. The number of halogens is 1. The smallest absolute Gasteiger partial charge is 0.258 e. The van der Waals surface area contributed by atoms with Crippen molar-refractivity contribution < 1.29 is 9.59 Å². The average Bonchev–Trinajstić information content (AvgIpc) is 2.70. The van der Waals surface area contributed by atoms with Crippen molar-refractivity contribution in [2.45, 2.75) is 51.5 Å². The number of hydrogen-bond acceptors (Lipinski definition) is 5. The first-order valence-corrected chi connectivity index (χ1v) is 10.5. The molecule has 0 saturated carbocycles. The molecule has 1 saturated heterocycles. The van der Waals surface area contributed by atoms with Crippen LogP contribution in [0.1, 0.15) is 49.7 Å². The summed E-state index contributed by atoms with van der Waals surface area (Å²) in [4.78, 5) is 47.6. The number of fused-ring (bicyclic) bond motifs is 1. The van der Waals surface area contributed by atoms with E-state index in [1.807, 2.05) is 11.8 Å². The van der Waals surface area contributed by atoms with E-state index in [9.17, 15) is 14.4 Å². The fraction of sp³-hybridized carbons (Fsp3) is 0.429. The van der Waals surface area contributed by atoms with Crippen molar-refractivity contribution in [3.8, 4) is 0 Å². The number of aromatic nitrogens is 2. The second-order valence-electron chi connectivity index (χ2n) is 7.94. The van der Waals surface area contributed by atoms with Gasteiger partial charge < -0.3 is 15.5 Å². The van der Waals surface area contributed by atoms with Gasteiger partial charge in [0, 0.05) is 29.7 Å². The van der Waals surface area contributed by atoms with E-state index in [0.717, 1.165) is 31.4 Å². The Morgan fingerprint density at radius 2 is 2.10 bits per heavy atom. The third-order valence-electron chi connectivity index (χ3n) is 5.79. The second kappa shape index (κ2) is 8.10. The lowest BCUT2D eigenvalue weighted by Crippen LogP contribution is -2.42. The summed E-state index contributed by atoms with van der Waals surface area (Å²) >= 11 is 6.03. The SMILES string of the molecule is Cc1ccc(Cl)cc1NC(=O)[C@@H]1CC(=O)Nc2nc(N3CCCC[C@@H]3C)[nH]c(=O)c21. The number of aromatic amines is 1. The van der Waals surface area contributed by atoms with Crippen LogP contribution in [0, 0.1) is 6.92 Å². The standard InChI is InChI=1S/C21H24ClN5O3/c1-11-6-7-13(22)9-15(11)23-19(29)14-10-16(28)24-18-17(14)20(30)26-21(25-18)27-8-4-3-5-12(27)2/h6-7,9,12,14H,3-5,8,10H2,1-2H3,(H,23,29)(H2,24,25,26,28,30)/t12-,14+/m0/s1. The van der Waals surface area contributed by atoms with E-state index in [1.165, 1.54) is 0 Å². The molecule has 3 heterocycles. The van der Waals surface area contributed by atoms with Crippen LogP contribution < -0.4 is 21.1 Å². The molecule has 1 fully saturated rings. The number of nitrogens with zero attached hydrogens (tertiary/aromatic N) is 2. The highest BCUT2D eigenvalue weighted by atomic mass is 35.5. The molecule has 9 heteroatoms. The number of benzene rings is 1. The zero-order chi connectivity index (χ0) is 21.4. The van der Waals surface area contributed by atoms with Gasteiger partial charge in [0.2, 0.25) is 17.8 Å². The second-order valence-corrected chi connectivity index (χ2v) is 8.38. The molecule has 2 aliphatic rings. The first kappa shape index (κ1) is 20.4. The maximum Gasteiger partial charge on any atom is 0.258 e. The number of rotatable bonds is 3. The van der Waals surface area contributed by atoms with E-state index < -0.39 is 17.4 Å². The molecule has 8 nitrogen and oxygen atoms in total. The molecule has 3 N–H and O–H groups in total. The fourth-order valence-corrected chi connectivity index (χ4v) is 4.25. The third-order valence-corrected chi connectivity index (χ3v) is 6.02. The predicted molar refractivity (Wildman–Crippen MR) is 116 cm³/mol. The molecule has 1 aromatic carbocycles. The number of carbonyl (C=O) groups is 2. The van der Waals surface area contributed by atoms with E-state index in [0.29, 0.717) is 16.7 Å². The summed E-state index contributed by atoms with van der Waals surface area (Å²) in [5, 5.41) is 5.95. The zero-order valence-corrected chi connectivity index (χ0v) is 17.7. The highest BCUT2D eigenvalue weighted by Crippen LogP contribution is 2.32. The number of carbonyl (C=O) groups excluding carboxylic acids is 2. The zero-order valence-electron chi connectivity index (χ0n) is 16.9. The lowest BCUT2D eigenvalue weighted by molar-refractivity contribution is -0.123. The summed E-state index contributed by atoms with van der Waals surface area (Å²) in [6.07, 6.45) is 3.04. The number of aryl methyl sites for hydroxylation is 1. The van der Waals surface area contributed by atoms with E-state index in [2.05, 4.69) is 27.5 Å². The lowest BCUT2D eigenvalue weighted by atomic mass is 9.92. The summed E-state index contributed by atoms with van der Waals surface area (Å²) in [7, 11) is 0.